The molecule has 0 unspecified atom stereocenters. The van der Waals surface area contributed by atoms with Gasteiger partial charge in [-0.1, -0.05) is 54.2 Å². The Kier molecular flexibility index (Phi) is 4.43. The smallest absolute Gasteiger partial charge is 0.284 e. The number of hydrogen-bond acceptors (Lipinski definition) is 5. The molecular formula is C17H15N3O2S. The second kappa shape index (κ2) is 6.66. The number of thioether (sulfide) groups is 1. The summed E-state index contributed by atoms with van der Waals surface area (Å²) >= 11 is 1.38. The molecule has 0 fully saturated rings. The first-order valence-corrected chi connectivity index (χ1v) is 8.21. The van der Waals surface area contributed by atoms with Crippen molar-refractivity contribution in [2.24, 2.45) is 0 Å². The zero-order valence-electron chi connectivity index (χ0n) is 12.8. The molecular weight excluding hydrogens is 310 g/mol. The highest BCUT2D eigenvalue weighted by molar-refractivity contribution is 7.98. The van der Waals surface area contributed by atoms with Crippen molar-refractivity contribution in [3.05, 3.63) is 60.2 Å². The predicted octanol–water partition coefficient (Wildman–Crippen LogP) is 3.36. The standard InChI is InChI=1S/C17H15N3O2S/c1-22-14-11-7-6-10-13(14)16(21)20-17(23-2)18-15(19-20)12-8-4-3-5-9-12/h3-11H,1-2H3. The SMILES string of the molecule is COc1ccccc1C(=O)n1nc(-c2ccccc2)nc1SC. The Morgan fingerprint density at radius 3 is 2.48 bits per heavy atom. The second-order valence-electron chi connectivity index (χ2n) is 4.71. The maximum absolute atomic E-state index is 12.8. The highest BCUT2D eigenvalue weighted by atomic mass is 32.2. The number of rotatable bonds is 4. The largest absolute Gasteiger partial charge is 0.496 e. The molecule has 116 valence electrons. The minimum absolute atomic E-state index is 0.263. The second-order valence-corrected chi connectivity index (χ2v) is 5.48. The molecule has 3 rings (SSSR count). The number of hydrogen-bond donors (Lipinski definition) is 0. The third kappa shape index (κ3) is 2.98. The minimum atomic E-state index is -0.263. The van der Waals surface area contributed by atoms with Crippen LogP contribution in [0.1, 0.15) is 10.4 Å². The van der Waals surface area contributed by atoms with E-state index in [0.717, 1.165) is 5.56 Å². The molecule has 6 heteroatoms. The number of nitrogens with zero attached hydrogens (tertiary/aromatic N) is 3. The Bertz CT molecular complexity index is 831. The summed E-state index contributed by atoms with van der Waals surface area (Å²) < 4.78 is 6.59. The van der Waals surface area contributed by atoms with E-state index in [1.54, 1.807) is 25.3 Å². The zero-order valence-corrected chi connectivity index (χ0v) is 13.6. The van der Waals surface area contributed by atoms with Gasteiger partial charge in [-0.25, -0.2) is 4.98 Å². The minimum Gasteiger partial charge on any atom is -0.496 e. The lowest BCUT2D eigenvalue weighted by Crippen LogP contribution is -2.15. The number of carbonyl (C=O) groups excluding carboxylic acids is 1. The summed E-state index contributed by atoms with van der Waals surface area (Å²) in [5.41, 5.74) is 1.32. The van der Waals surface area contributed by atoms with Crippen LogP contribution in [0.2, 0.25) is 0 Å². The Labute approximate surface area is 138 Å². The van der Waals surface area contributed by atoms with Crippen LogP contribution in [0.25, 0.3) is 11.4 Å². The van der Waals surface area contributed by atoms with E-state index in [9.17, 15) is 4.79 Å². The molecule has 0 atom stereocenters. The summed E-state index contributed by atoms with van der Waals surface area (Å²) in [4.78, 5) is 17.3. The van der Waals surface area contributed by atoms with Gasteiger partial charge < -0.3 is 4.74 Å². The van der Waals surface area contributed by atoms with E-state index in [0.29, 0.717) is 22.3 Å². The number of methoxy groups -OCH3 is 1. The van der Waals surface area contributed by atoms with E-state index in [1.807, 2.05) is 42.7 Å². The van der Waals surface area contributed by atoms with E-state index in [2.05, 4.69) is 10.1 Å². The normalized spacial score (nSPS) is 10.5. The molecule has 2 aromatic carbocycles. The molecule has 0 N–H and O–H groups in total. The van der Waals surface area contributed by atoms with Gasteiger partial charge in [0.05, 0.1) is 12.7 Å². The van der Waals surface area contributed by atoms with Crippen LogP contribution in [-0.2, 0) is 0 Å². The van der Waals surface area contributed by atoms with Gasteiger partial charge in [-0.15, -0.1) is 5.10 Å². The molecule has 23 heavy (non-hydrogen) atoms. The molecule has 0 radical (unpaired) electrons. The van der Waals surface area contributed by atoms with Gasteiger partial charge >= 0.3 is 0 Å². The first-order valence-electron chi connectivity index (χ1n) is 6.98. The van der Waals surface area contributed by atoms with Crippen molar-refractivity contribution in [3.8, 4) is 17.1 Å². The summed E-state index contributed by atoms with van der Waals surface area (Å²) in [6, 6.07) is 16.7. The monoisotopic (exact) mass is 325 g/mol. The number of ether oxygens (including phenoxy) is 1. The Balaban J connectivity index is 2.06. The third-order valence-electron chi connectivity index (χ3n) is 3.32. The van der Waals surface area contributed by atoms with Crippen molar-refractivity contribution in [2.45, 2.75) is 5.16 Å². The summed E-state index contributed by atoms with van der Waals surface area (Å²) in [6.45, 7) is 0. The van der Waals surface area contributed by atoms with Gasteiger partial charge in [0.25, 0.3) is 5.91 Å². The predicted molar refractivity (Wildman–Crippen MR) is 90.0 cm³/mol. The van der Waals surface area contributed by atoms with Gasteiger partial charge in [-0.05, 0) is 18.4 Å². The van der Waals surface area contributed by atoms with E-state index in [1.165, 1.54) is 16.4 Å². The third-order valence-corrected chi connectivity index (χ3v) is 3.95. The number of aromatic nitrogens is 3. The molecule has 0 saturated carbocycles. The van der Waals surface area contributed by atoms with E-state index in [-0.39, 0.29) is 5.91 Å². The van der Waals surface area contributed by atoms with Crippen LogP contribution in [0, 0.1) is 0 Å². The lowest BCUT2D eigenvalue weighted by molar-refractivity contribution is 0.0930. The molecule has 0 bridgehead atoms. The molecule has 0 aliphatic rings. The summed E-state index contributed by atoms with van der Waals surface area (Å²) in [6.07, 6.45) is 1.87. The maximum Gasteiger partial charge on any atom is 0.284 e. The molecule has 0 amide bonds. The first-order chi connectivity index (χ1) is 11.2. The van der Waals surface area contributed by atoms with Gasteiger partial charge in [0, 0.05) is 5.56 Å². The van der Waals surface area contributed by atoms with Crippen molar-refractivity contribution < 1.29 is 9.53 Å². The lowest BCUT2D eigenvalue weighted by Gasteiger charge is -2.07. The van der Waals surface area contributed by atoms with Crippen LogP contribution >= 0.6 is 11.8 Å². The van der Waals surface area contributed by atoms with Gasteiger partial charge in [0.2, 0.25) is 0 Å². The molecule has 1 aromatic heterocycles. The van der Waals surface area contributed by atoms with Gasteiger partial charge in [-0.2, -0.15) is 4.68 Å². The molecule has 0 spiro atoms. The fourth-order valence-corrected chi connectivity index (χ4v) is 2.68. The fraction of sp³-hybridized carbons (Fsp3) is 0.118. The van der Waals surface area contributed by atoms with Crippen molar-refractivity contribution in [1.29, 1.82) is 0 Å². The highest BCUT2D eigenvalue weighted by Gasteiger charge is 2.20. The Morgan fingerprint density at radius 1 is 1.09 bits per heavy atom. The van der Waals surface area contributed by atoms with Gasteiger partial charge in [0.15, 0.2) is 11.0 Å². The van der Waals surface area contributed by atoms with Crippen LogP contribution < -0.4 is 4.74 Å². The van der Waals surface area contributed by atoms with Crippen LogP contribution in [0.15, 0.2) is 59.8 Å². The van der Waals surface area contributed by atoms with E-state index in [4.69, 9.17) is 4.74 Å². The van der Waals surface area contributed by atoms with Crippen molar-refractivity contribution >= 4 is 17.7 Å². The lowest BCUT2D eigenvalue weighted by atomic mass is 10.2. The summed E-state index contributed by atoms with van der Waals surface area (Å²) in [5.74, 6) is 0.779. The van der Waals surface area contributed by atoms with Crippen LogP contribution in [-0.4, -0.2) is 34.0 Å². The topological polar surface area (TPSA) is 57.0 Å². The van der Waals surface area contributed by atoms with Crippen LogP contribution in [0.3, 0.4) is 0 Å². The van der Waals surface area contributed by atoms with Crippen molar-refractivity contribution in [1.82, 2.24) is 14.8 Å². The van der Waals surface area contributed by atoms with Crippen LogP contribution in [0.5, 0.6) is 5.75 Å². The Hall–Kier alpha value is -2.60. The van der Waals surface area contributed by atoms with Gasteiger partial charge in [0.1, 0.15) is 5.75 Å². The highest BCUT2D eigenvalue weighted by Crippen LogP contribution is 2.23. The molecule has 0 aliphatic heterocycles. The van der Waals surface area contributed by atoms with E-state index >= 15 is 0 Å². The van der Waals surface area contributed by atoms with Crippen molar-refractivity contribution in [2.75, 3.05) is 13.4 Å². The molecule has 1 heterocycles. The summed E-state index contributed by atoms with van der Waals surface area (Å²) in [7, 11) is 1.54. The maximum atomic E-state index is 12.8. The Morgan fingerprint density at radius 2 is 1.78 bits per heavy atom. The number of para-hydroxylation sites is 1. The van der Waals surface area contributed by atoms with E-state index < -0.39 is 0 Å². The van der Waals surface area contributed by atoms with Crippen molar-refractivity contribution in [3.63, 3.8) is 0 Å². The summed E-state index contributed by atoms with van der Waals surface area (Å²) in [5, 5.41) is 4.92. The first kappa shape index (κ1) is 15.3. The quantitative estimate of drug-likeness (QED) is 0.688. The van der Waals surface area contributed by atoms with Gasteiger partial charge in [-0.3, -0.25) is 4.79 Å². The van der Waals surface area contributed by atoms with Crippen LogP contribution in [0.4, 0.5) is 0 Å². The number of benzene rings is 2. The zero-order chi connectivity index (χ0) is 16.2. The molecule has 0 aliphatic carbocycles. The molecule has 0 saturated heterocycles. The molecule has 5 nitrogen and oxygen atoms in total. The average molecular weight is 325 g/mol. The average Bonchev–Trinajstić information content (AvgIpc) is 3.06. The number of carbonyl (C=O) groups is 1. The molecule has 3 aromatic rings. The fourth-order valence-electron chi connectivity index (χ4n) is 2.21.